The lowest BCUT2D eigenvalue weighted by molar-refractivity contribution is -0.128. The third-order valence-electron chi connectivity index (χ3n) is 2.19. The van der Waals surface area contributed by atoms with Gasteiger partial charge in [-0.05, 0) is 12.1 Å². The van der Waals surface area contributed by atoms with Crippen molar-refractivity contribution in [1.29, 1.82) is 0 Å². The molecule has 14 heavy (non-hydrogen) atoms. The number of rotatable bonds is 1. The monoisotopic (exact) mass is 195 g/mol. The summed E-state index contributed by atoms with van der Waals surface area (Å²) in [5.41, 5.74) is 0.624. The Labute approximate surface area is 80.9 Å². The second-order valence-electron chi connectivity index (χ2n) is 3.25. The van der Waals surface area contributed by atoms with Crippen LogP contribution in [0.15, 0.2) is 18.3 Å². The fourth-order valence-electron chi connectivity index (χ4n) is 1.45. The van der Waals surface area contributed by atoms with Crippen LogP contribution in [0.25, 0.3) is 0 Å². The third kappa shape index (κ3) is 1.96. The van der Waals surface area contributed by atoms with E-state index in [1.54, 1.807) is 6.07 Å². The predicted molar refractivity (Wildman–Crippen MR) is 47.1 cm³/mol. The molecule has 1 aromatic heterocycles. The second-order valence-corrected chi connectivity index (χ2v) is 3.25. The van der Waals surface area contributed by atoms with Gasteiger partial charge in [-0.2, -0.15) is 0 Å². The van der Waals surface area contributed by atoms with E-state index in [9.17, 15) is 9.18 Å². The van der Waals surface area contributed by atoms with Crippen molar-refractivity contribution in [1.82, 2.24) is 4.98 Å². The van der Waals surface area contributed by atoms with Crippen LogP contribution in [-0.4, -0.2) is 17.4 Å². The van der Waals surface area contributed by atoms with Crippen molar-refractivity contribution in [3.63, 3.8) is 0 Å². The summed E-state index contributed by atoms with van der Waals surface area (Å²) in [4.78, 5) is 15.0. The van der Waals surface area contributed by atoms with Crippen LogP contribution in [0.2, 0.25) is 0 Å². The fourth-order valence-corrected chi connectivity index (χ4v) is 1.45. The lowest BCUT2D eigenvalue weighted by Crippen LogP contribution is -2.20. The number of pyridine rings is 1. The van der Waals surface area contributed by atoms with E-state index >= 15 is 0 Å². The highest BCUT2D eigenvalue weighted by Crippen LogP contribution is 2.24. The van der Waals surface area contributed by atoms with Crippen LogP contribution >= 0.6 is 0 Å². The van der Waals surface area contributed by atoms with Crippen molar-refractivity contribution in [2.75, 3.05) is 6.61 Å². The highest BCUT2D eigenvalue weighted by atomic mass is 19.1. The lowest BCUT2D eigenvalue weighted by atomic mass is 10.0. The summed E-state index contributed by atoms with van der Waals surface area (Å²) in [6.45, 7) is 0.433. The first-order valence-electron chi connectivity index (χ1n) is 4.50. The maximum atomic E-state index is 12.6. The Balaban J connectivity index is 2.14. The second kappa shape index (κ2) is 3.84. The molecule has 0 bridgehead atoms. The van der Waals surface area contributed by atoms with Gasteiger partial charge < -0.3 is 4.74 Å². The minimum atomic E-state index is -0.379. The predicted octanol–water partition coefficient (Wildman–Crippen LogP) is 1.64. The van der Waals surface area contributed by atoms with Gasteiger partial charge in [0.1, 0.15) is 17.7 Å². The van der Waals surface area contributed by atoms with Gasteiger partial charge in [-0.1, -0.05) is 0 Å². The van der Waals surface area contributed by atoms with Gasteiger partial charge in [-0.15, -0.1) is 0 Å². The Morgan fingerprint density at radius 1 is 1.50 bits per heavy atom. The third-order valence-corrected chi connectivity index (χ3v) is 2.19. The topological polar surface area (TPSA) is 39.2 Å². The van der Waals surface area contributed by atoms with Gasteiger partial charge in [0.05, 0.1) is 18.5 Å². The van der Waals surface area contributed by atoms with Gasteiger partial charge in [0.15, 0.2) is 0 Å². The minimum Gasteiger partial charge on any atom is -0.371 e. The average Bonchev–Trinajstić information content (AvgIpc) is 2.19. The highest BCUT2D eigenvalue weighted by molar-refractivity contribution is 5.79. The van der Waals surface area contributed by atoms with Crippen molar-refractivity contribution < 1.29 is 13.9 Å². The van der Waals surface area contributed by atoms with Crippen LogP contribution < -0.4 is 0 Å². The molecule has 1 aliphatic rings. The van der Waals surface area contributed by atoms with Gasteiger partial charge >= 0.3 is 0 Å². The molecule has 1 fully saturated rings. The Bertz CT molecular complexity index is 336. The average molecular weight is 195 g/mol. The van der Waals surface area contributed by atoms with E-state index in [1.807, 2.05) is 0 Å². The van der Waals surface area contributed by atoms with Crippen molar-refractivity contribution in [3.8, 4) is 0 Å². The van der Waals surface area contributed by atoms with E-state index in [1.165, 1.54) is 6.07 Å². The number of nitrogens with zero attached hydrogens (tertiary/aromatic N) is 1. The van der Waals surface area contributed by atoms with Crippen molar-refractivity contribution in [3.05, 3.63) is 29.8 Å². The first-order chi connectivity index (χ1) is 6.75. The quantitative estimate of drug-likeness (QED) is 0.683. The first kappa shape index (κ1) is 9.27. The van der Waals surface area contributed by atoms with Crippen molar-refractivity contribution >= 4 is 5.78 Å². The minimum absolute atomic E-state index is 0.173. The van der Waals surface area contributed by atoms with Gasteiger partial charge in [-0.3, -0.25) is 9.78 Å². The van der Waals surface area contributed by atoms with Gasteiger partial charge in [0.2, 0.25) is 0 Å². The number of aromatic nitrogens is 1. The molecule has 0 spiro atoms. The Morgan fingerprint density at radius 3 is 3.00 bits per heavy atom. The van der Waals surface area contributed by atoms with Gasteiger partial charge in [0, 0.05) is 12.8 Å². The van der Waals surface area contributed by atoms with Gasteiger partial charge in [0.25, 0.3) is 0 Å². The van der Waals surface area contributed by atoms with Crippen LogP contribution in [0.1, 0.15) is 24.6 Å². The Hall–Kier alpha value is -1.29. The fraction of sp³-hybridized carbons (Fsp3) is 0.400. The Morgan fingerprint density at radius 2 is 2.36 bits per heavy atom. The number of ether oxygens (including phenoxy) is 1. The number of Topliss-reactive ketones (excluding diaryl/α,β-unsaturated/α-hetero) is 1. The molecule has 74 valence electrons. The molecule has 0 amide bonds. The maximum absolute atomic E-state index is 12.6. The summed E-state index contributed by atoms with van der Waals surface area (Å²) in [7, 11) is 0. The van der Waals surface area contributed by atoms with Crippen LogP contribution in [0.3, 0.4) is 0 Å². The summed E-state index contributed by atoms with van der Waals surface area (Å²) < 4.78 is 17.9. The van der Waals surface area contributed by atoms with E-state index in [4.69, 9.17) is 4.74 Å². The largest absolute Gasteiger partial charge is 0.371 e. The zero-order valence-corrected chi connectivity index (χ0v) is 7.57. The SMILES string of the molecule is O=C1CCOC(c2ccc(F)cn2)C1. The molecule has 2 heterocycles. The molecule has 1 atom stereocenters. The zero-order chi connectivity index (χ0) is 9.97. The number of hydrogen-bond donors (Lipinski definition) is 0. The number of carbonyl (C=O) groups excluding carboxylic acids is 1. The number of halogens is 1. The van der Waals surface area contributed by atoms with Crippen LogP contribution in [0, 0.1) is 5.82 Å². The summed E-state index contributed by atoms with van der Waals surface area (Å²) in [6.07, 6.45) is 1.66. The molecule has 0 saturated carbocycles. The highest BCUT2D eigenvalue weighted by Gasteiger charge is 2.22. The molecule has 1 aromatic rings. The summed E-state index contributed by atoms with van der Waals surface area (Å²) >= 11 is 0. The van der Waals surface area contributed by atoms with Gasteiger partial charge in [-0.25, -0.2) is 4.39 Å². The molecule has 4 heteroatoms. The van der Waals surface area contributed by atoms with E-state index < -0.39 is 0 Å². The molecule has 0 radical (unpaired) electrons. The normalized spacial score (nSPS) is 22.4. The molecule has 0 aromatic carbocycles. The van der Waals surface area contributed by atoms with Crippen LogP contribution in [-0.2, 0) is 9.53 Å². The molecule has 1 unspecified atom stereocenters. The molecule has 3 nitrogen and oxygen atoms in total. The van der Waals surface area contributed by atoms with E-state index in [0.717, 1.165) is 6.20 Å². The summed E-state index contributed by atoms with van der Waals surface area (Å²) in [6, 6.07) is 2.88. The molecule has 0 aliphatic carbocycles. The summed E-state index contributed by atoms with van der Waals surface area (Å²) in [5.74, 6) is -0.205. The van der Waals surface area contributed by atoms with Crippen molar-refractivity contribution in [2.45, 2.75) is 18.9 Å². The van der Waals surface area contributed by atoms with E-state index in [-0.39, 0.29) is 17.7 Å². The number of ketones is 1. The smallest absolute Gasteiger partial charge is 0.141 e. The lowest BCUT2D eigenvalue weighted by Gasteiger charge is -2.20. The maximum Gasteiger partial charge on any atom is 0.141 e. The number of hydrogen-bond acceptors (Lipinski definition) is 3. The Kier molecular flexibility index (Phi) is 2.54. The van der Waals surface area contributed by atoms with E-state index in [0.29, 0.717) is 25.1 Å². The molecule has 1 aliphatic heterocycles. The van der Waals surface area contributed by atoms with Crippen LogP contribution in [0.4, 0.5) is 4.39 Å². The molecular weight excluding hydrogens is 185 g/mol. The molecule has 0 N–H and O–H groups in total. The van der Waals surface area contributed by atoms with Crippen molar-refractivity contribution in [2.24, 2.45) is 0 Å². The zero-order valence-electron chi connectivity index (χ0n) is 7.57. The molecule has 1 saturated heterocycles. The molecule has 2 rings (SSSR count). The van der Waals surface area contributed by atoms with E-state index in [2.05, 4.69) is 4.98 Å². The molecular formula is C10H10FNO2. The first-order valence-corrected chi connectivity index (χ1v) is 4.50. The number of carbonyl (C=O) groups is 1. The van der Waals surface area contributed by atoms with Crippen LogP contribution in [0.5, 0.6) is 0 Å². The summed E-state index contributed by atoms with van der Waals surface area (Å²) in [5, 5.41) is 0. The standard InChI is InChI=1S/C10H10FNO2/c11-7-1-2-9(12-6-7)10-5-8(13)3-4-14-10/h1-2,6,10H,3-5H2.